The van der Waals surface area contributed by atoms with Crippen molar-refractivity contribution in [2.45, 2.75) is 31.2 Å². The second-order valence-electron chi connectivity index (χ2n) is 5.66. The third-order valence-corrected chi connectivity index (χ3v) is 4.05. The van der Waals surface area contributed by atoms with E-state index in [1.54, 1.807) is 0 Å². The molecule has 0 saturated heterocycles. The molecule has 2 unspecified atom stereocenters. The predicted octanol–water partition coefficient (Wildman–Crippen LogP) is 3.35. The molecule has 1 fully saturated rings. The maximum Gasteiger partial charge on any atom is 0.0314 e. The van der Waals surface area contributed by atoms with E-state index in [-0.39, 0.29) is 0 Å². The number of nitrogen functional groups attached to an aromatic ring is 1. The fourth-order valence-corrected chi connectivity index (χ4v) is 2.75. The van der Waals surface area contributed by atoms with Gasteiger partial charge in [-0.2, -0.15) is 0 Å². The lowest BCUT2D eigenvalue weighted by Gasteiger charge is -2.05. The van der Waals surface area contributed by atoms with E-state index in [0.29, 0.717) is 6.04 Å². The number of hydrogen-bond donors (Lipinski definition) is 2. The minimum atomic E-state index is 0.684. The van der Waals surface area contributed by atoms with E-state index < -0.39 is 0 Å². The van der Waals surface area contributed by atoms with Gasteiger partial charge >= 0.3 is 0 Å². The van der Waals surface area contributed by atoms with Gasteiger partial charge in [0, 0.05) is 17.6 Å². The summed E-state index contributed by atoms with van der Waals surface area (Å²) >= 11 is 0. The van der Waals surface area contributed by atoms with Crippen molar-refractivity contribution in [3.05, 3.63) is 65.7 Å². The minimum Gasteiger partial charge on any atom is -0.399 e. The van der Waals surface area contributed by atoms with Crippen molar-refractivity contribution < 1.29 is 0 Å². The van der Waals surface area contributed by atoms with Crippen LogP contribution in [-0.4, -0.2) is 12.6 Å². The monoisotopic (exact) mass is 266 g/mol. The Morgan fingerprint density at radius 2 is 1.75 bits per heavy atom. The highest BCUT2D eigenvalue weighted by molar-refractivity contribution is 5.39. The van der Waals surface area contributed by atoms with Crippen LogP contribution in [0.2, 0.25) is 0 Å². The molecule has 2 aromatic rings. The van der Waals surface area contributed by atoms with Crippen molar-refractivity contribution in [1.82, 2.24) is 5.32 Å². The fraction of sp³-hybridized carbons (Fsp3) is 0.333. The normalized spacial score (nSPS) is 20.8. The largest absolute Gasteiger partial charge is 0.399 e. The number of nitrogens with two attached hydrogens (primary N) is 1. The zero-order valence-corrected chi connectivity index (χ0v) is 11.8. The highest BCUT2D eigenvalue weighted by atomic mass is 15.0. The van der Waals surface area contributed by atoms with E-state index in [2.05, 4.69) is 47.8 Å². The lowest BCUT2D eigenvalue weighted by Crippen LogP contribution is -2.19. The average Bonchev–Trinajstić information content (AvgIpc) is 3.26. The van der Waals surface area contributed by atoms with Crippen LogP contribution in [0, 0.1) is 0 Å². The van der Waals surface area contributed by atoms with E-state index in [0.717, 1.165) is 24.6 Å². The maximum absolute atomic E-state index is 5.69. The maximum atomic E-state index is 5.69. The molecule has 2 nitrogen and oxygen atoms in total. The Morgan fingerprint density at radius 1 is 1.00 bits per heavy atom. The highest BCUT2D eigenvalue weighted by Gasteiger charge is 2.37. The van der Waals surface area contributed by atoms with Crippen LogP contribution in [-0.2, 0) is 6.42 Å². The molecule has 3 N–H and O–H groups in total. The van der Waals surface area contributed by atoms with Crippen molar-refractivity contribution in [1.29, 1.82) is 0 Å². The summed E-state index contributed by atoms with van der Waals surface area (Å²) in [5.41, 5.74) is 9.38. The molecule has 1 aliphatic carbocycles. The minimum absolute atomic E-state index is 0.684. The van der Waals surface area contributed by atoms with Crippen LogP contribution in [0.1, 0.15) is 29.9 Å². The molecule has 0 bridgehead atoms. The first-order chi connectivity index (χ1) is 9.83. The first-order valence-electron chi connectivity index (χ1n) is 7.46. The first-order valence-corrected chi connectivity index (χ1v) is 7.46. The Kier molecular flexibility index (Phi) is 4.03. The number of benzene rings is 2. The van der Waals surface area contributed by atoms with Crippen LogP contribution >= 0.6 is 0 Å². The SMILES string of the molecule is Nc1ccc(CCCNC2CC2c2ccccc2)cc1. The Morgan fingerprint density at radius 3 is 2.50 bits per heavy atom. The van der Waals surface area contributed by atoms with Gasteiger partial charge in [-0.1, -0.05) is 42.5 Å². The van der Waals surface area contributed by atoms with E-state index in [1.807, 2.05) is 12.1 Å². The van der Waals surface area contributed by atoms with Gasteiger partial charge in [0.25, 0.3) is 0 Å². The molecule has 3 rings (SSSR count). The molecule has 0 spiro atoms. The first kappa shape index (κ1) is 13.2. The Balaban J connectivity index is 1.36. The van der Waals surface area contributed by atoms with Crippen LogP contribution in [0.25, 0.3) is 0 Å². The molecule has 0 amide bonds. The van der Waals surface area contributed by atoms with E-state index in [4.69, 9.17) is 5.73 Å². The third-order valence-electron chi connectivity index (χ3n) is 4.05. The van der Waals surface area contributed by atoms with Gasteiger partial charge in [-0.25, -0.2) is 0 Å². The predicted molar refractivity (Wildman–Crippen MR) is 84.8 cm³/mol. The standard InChI is InChI=1S/C18H22N2/c19-16-10-8-14(9-11-16)5-4-12-20-18-13-17(18)15-6-2-1-3-7-15/h1-3,6-11,17-18,20H,4-5,12-13,19H2. The molecule has 0 radical (unpaired) electrons. The quantitative estimate of drug-likeness (QED) is 0.621. The molecule has 2 heteroatoms. The Bertz CT molecular complexity index is 533. The van der Waals surface area contributed by atoms with Gasteiger partial charge in [0.15, 0.2) is 0 Å². The summed E-state index contributed by atoms with van der Waals surface area (Å²) in [5, 5.41) is 3.66. The van der Waals surface area contributed by atoms with E-state index in [9.17, 15) is 0 Å². The van der Waals surface area contributed by atoms with Crippen molar-refractivity contribution in [3.8, 4) is 0 Å². The Labute approximate surface area is 121 Å². The summed E-state index contributed by atoms with van der Waals surface area (Å²) in [7, 11) is 0. The smallest absolute Gasteiger partial charge is 0.0314 e. The van der Waals surface area contributed by atoms with Gasteiger partial charge in [0.05, 0.1) is 0 Å². The van der Waals surface area contributed by atoms with E-state index >= 15 is 0 Å². The summed E-state index contributed by atoms with van der Waals surface area (Å²) in [6.45, 7) is 1.10. The molecule has 0 aliphatic heterocycles. The lowest BCUT2D eigenvalue weighted by molar-refractivity contribution is 0.635. The second-order valence-corrected chi connectivity index (χ2v) is 5.66. The summed E-state index contributed by atoms with van der Waals surface area (Å²) in [6, 6.07) is 19.7. The number of rotatable bonds is 6. The highest BCUT2D eigenvalue weighted by Crippen LogP contribution is 2.40. The molecule has 2 aromatic carbocycles. The van der Waals surface area contributed by atoms with Crippen molar-refractivity contribution in [2.75, 3.05) is 12.3 Å². The molecule has 1 aliphatic rings. The van der Waals surface area contributed by atoms with Gasteiger partial charge in [-0.3, -0.25) is 0 Å². The Hall–Kier alpha value is -1.80. The molecular formula is C18H22N2. The van der Waals surface area contributed by atoms with Gasteiger partial charge in [0.2, 0.25) is 0 Å². The molecular weight excluding hydrogens is 244 g/mol. The van der Waals surface area contributed by atoms with Crippen molar-refractivity contribution in [2.24, 2.45) is 0 Å². The molecule has 20 heavy (non-hydrogen) atoms. The van der Waals surface area contributed by atoms with Crippen LogP contribution in [0.5, 0.6) is 0 Å². The molecule has 1 saturated carbocycles. The van der Waals surface area contributed by atoms with Crippen molar-refractivity contribution >= 4 is 5.69 Å². The van der Waals surface area contributed by atoms with Gasteiger partial charge < -0.3 is 11.1 Å². The van der Waals surface area contributed by atoms with Gasteiger partial charge in [-0.15, -0.1) is 0 Å². The average molecular weight is 266 g/mol. The molecule has 0 aromatic heterocycles. The molecule has 2 atom stereocenters. The number of aryl methyl sites for hydroxylation is 1. The summed E-state index contributed by atoms with van der Waals surface area (Å²) in [5.74, 6) is 0.729. The number of hydrogen-bond acceptors (Lipinski definition) is 2. The van der Waals surface area contributed by atoms with Crippen LogP contribution < -0.4 is 11.1 Å². The van der Waals surface area contributed by atoms with Crippen LogP contribution in [0.15, 0.2) is 54.6 Å². The van der Waals surface area contributed by atoms with Crippen LogP contribution in [0.3, 0.4) is 0 Å². The zero-order chi connectivity index (χ0) is 13.8. The fourth-order valence-electron chi connectivity index (χ4n) is 2.75. The molecule has 0 heterocycles. The topological polar surface area (TPSA) is 38.0 Å². The number of nitrogens with one attached hydrogen (secondary N) is 1. The van der Waals surface area contributed by atoms with Gasteiger partial charge in [0.1, 0.15) is 0 Å². The second kappa shape index (κ2) is 6.10. The summed E-state index contributed by atoms with van der Waals surface area (Å²) < 4.78 is 0. The lowest BCUT2D eigenvalue weighted by atomic mass is 10.1. The van der Waals surface area contributed by atoms with Crippen molar-refractivity contribution in [3.63, 3.8) is 0 Å². The zero-order valence-electron chi connectivity index (χ0n) is 11.8. The van der Waals surface area contributed by atoms with Gasteiger partial charge in [-0.05, 0) is 49.1 Å². The van der Waals surface area contributed by atoms with E-state index in [1.165, 1.54) is 24.0 Å². The number of anilines is 1. The summed E-state index contributed by atoms with van der Waals surface area (Å²) in [6.07, 6.45) is 3.59. The summed E-state index contributed by atoms with van der Waals surface area (Å²) in [4.78, 5) is 0. The third kappa shape index (κ3) is 3.40. The van der Waals surface area contributed by atoms with Crippen LogP contribution in [0.4, 0.5) is 5.69 Å². The molecule has 104 valence electrons.